The van der Waals surface area contributed by atoms with Crippen molar-refractivity contribution < 1.29 is 4.79 Å². The number of anilines is 1. The molecule has 0 aliphatic heterocycles. The van der Waals surface area contributed by atoms with Gasteiger partial charge in [0, 0.05) is 9.99 Å². The quantitative estimate of drug-likeness (QED) is 0.635. The summed E-state index contributed by atoms with van der Waals surface area (Å²) in [7, 11) is 0. The third-order valence-corrected chi connectivity index (χ3v) is 4.59. The van der Waals surface area contributed by atoms with Gasteiger partial charge in [-0.3, -0.25) is 4.79 Å². The normalized spacial score (nSPS) is 16.9. The number of rotatable bonds is 4. The lowest BCUT2D eigenvalue weighted by Gasteiger charge is -2.12. The molecule has 0 heterocycles. The van der Waals surface area contributed by atoms with Crippen molar-refractivity contribution in [1.29, 1.82) is 0 Å². The van der Waals surface area contributed by atoms with Crippen LogP contribution in [0.3, 0.4) is 0 Å². The van der Waals surface area contributed by atoms with E-state index in [0.29, 0.717) is 6.42 Å². The predicted molar refractivity (Wildman–Crippen MR) is 77.9 cm³/mol. The summed E-state index contributed by atoms with van der Waals surface area (Å²) < 4.78 is 1.07. The Kier molecular flexibility index (Phi) is 3.79. The SMILES string of the molecule is O=C(CC1(CS)CC1)Nc1ccccc1I. The summed E-state index contributed by atoms with van der Waals surface area (Å²) in [5.41, 5.74) is 1.09. The van der Waals surface area contributed by atoms with Crippen LogP contribution >= 0.6 is 35.2 Å². The zero-order valence-corrected chi connectivity index (χ0v) is 11.9. The molecule has 0 atom stereocenters. The first-order valence-corrected chi connectivity index (χ1v) is 7.02. The van der Waals surface area contributed by atoms with Gasteiger partial charge in [-0.15, -0.1) is 0 Å². The summed E-state index contributed by atoms with van der Waals surface area (Å²) in [6, 6.07) is 7.82. The summed E-state index contributed by atoms with van der Waals surface area (Å²) >= 11 is 6.53. The van der Waals surface area contributed by atoms with Gasteiger partial charge in [-0.1, -0.05) is 12.1 Å². The standard InChI is InChI=1S/C12H14INOS/c13-9-3-1-2-4-10(9)14-11(15)7-12(8-16)5-6-12/h1-4,16H,5-8H2,(H,14,15). The Morgan fingerprint density at radius 3 is 2.69 bits per heavy atom. The largest absolute Gasteiger partial charge is 0.325 e. The van der Waals surface area contributed by atoms with E-state index < -0.39 is 0 Å². The van der Waals surface area contributed by atoms with Gasteiger partial charge in [0.15, 0.2) is 0 Å². The van der Waals surface area contributed by atoms with Gasteiger partial charge < -0.3 is 5.32 Å². The molecule has 1 aromatic carbocycles. The van der Waals surface area contributed by atoms with Gasteiger partial charge in [-0.25, -0.2) is 0 Å². The van der Waals surface area contributed by atoms with Gasteiger partial charge in [0.2, 0.25) is 5.91 Å². The molecule has 16 heavy (non-hydrogen) atoms. The van der Waals surface area contributed by atoms with Gasteiger partial charge in [-0.2, -0.15) is 12.6 Å². The molecule has 86 valence electrons. The van der Waals surface area contributed by atoms with Crippen LogP contribution in [0, 0.1) is 8.99 Å². The monoisotopic (exact) mass is 347 g/mol. The third-order valence-electron chi connectivity index (χ3n) is 2.98. The Morgan fingerprint density at radius 1 is 1.44 bits per heavy atom. The Hall–Kier alpha value is -0.230. The first kappa shape index (κ1) is 12.2. The molecule has 0 bridgehead atoms. The molecule has 2 nitrogen and oxygen atoms in total. The van der Waals surface area contributed by atoms with Crippen molar-refractivity contribution in [2.75, 3.05) is 11.1 Å². The van der Waals surface area contributed by atoms with Crippen LogP contribution in [-0.2, 0) is 4.79 Å². The smallest absolute Gasteiger partial charge is 0.224 e. The highest BCUT2D eigenvalue weighted by atomic mass is 127. The van der Waals surface area contributed by atoms with E-state index in [1.807, 2.05) is 24.3 Å². The van der Waals surface area contributed by atoms with Crippen LogP contribution in [0.4, 0.5) is 5.69 Å². The van der Waals surface area contributed by atoms with Gasteiger partial charge in [-0.05, 0) is 58.7 Å². The molecule has 4 heteroatoms. The average molecular weight is 347 g/mol. The van der Waals surface area contributed by atoms with Crippen LogP contribution in [0.2, 0.25) is 0 Å². The number of carbonyl (C=O) groups excluding carboxylic acids is 1. The van der Waals surface area contributed by atoms with Crippen LogP contribution in [0.15, 0.2) is 24.3 Å². The second kappa shape index (κ2) is 4.96. The fraction of sp³-hybridized carbons (Fsp3) is 0.417. The number of nitrogens with one attached hydrogen (secondary N) is 1. The zero-order chi connectivity index (χ0) is 11.6. The Morgan fingerprint density at radius 2 is 2.12 bits per heavy atom. The Bertz CT molecular complexity index is 404. The van der Waals surface area contributed by atoms with Gasteiger partial charge >= 0.3 is 0 Å². The molecule has 0 spiro atoms. The molecular formula is C12H14INOS. The number of amides is 1. The molecule has 1 amide bonds. The molecule has 0 unspecified atom stereocenters. The van der Waals surface area contributed by atoms with E-state index in [2.05, 4.69) is 40.5 Å². The average Bonchev–Trinajstić information content (AvgIpc) is 3.02. The summed E-state index contributed by atoms with van der Waals surface area (Å²) in [5, 5.41) is 2.96. The van der Waals surface area contributed by atoms with Crippen molar-refractivity contribution in [3.63, 3.8) is 0 Å². The number of hydrogen-bond acceptors (Lipinski definition) is 2. The molecule has 1 saturated carbocycles. The van der Waals surface area contributed by atoms with Crippen molar-refractivity contribution in [1.82, 2.24) is 0 Å². The number of para-hydroxylation sites is 1. The summed E-state index contributed by atoms with van der Waals surface area (Å²) in [6.07, 6.45) is 2.87. The van der Waals surface area contributed by atoms with E-state index in [4.69, 9.17) is 0 Å². The molecule has 1 N–H and O–H groups in total. The molecule has 2 rings (SSSR count). The molecule has 0 radical (unpaired) electrons. The Balaban J connectivity index is 1.95. The van der Waals surface area contributed by atoms with Crippen LogP contribution in [0.1, 0.15) is 19.3 Å². The number of hydrogen-bond donors (Lipinski definition) is 2. The van der Waals surface area contributed by atoms with Gasteiger partial charge in [0.1, 0.15) is 0 Å². The zero-order valence-electron chi connectivity index (χ0n) is 8.87. The molecular weight excluding hydrogens is 333 g/mol. The third kappa shape index (κ3) is 2.91. The lowest BCUT2D eigenvalue weighted by atomic mass is 10.1. The summed E-state index contributed by atoms with van der Waals surface area (Å²) in [4.78, 5) is 11.8. The molecule has 1 aromatic rings. The fourth-order valence-corrected chi connectivity index (χ4v) is 2.62. The van der Waals surface area contributed by atoms with Gasteiger partial charge in [0.25, 0.3) is 0 Å². The summed E-state index contributed by atoms with van der Waals surface area (Å²) in [5.74, 6) is 0.919. The maximum atomic E-state index is 11.8. The van der Waals surface area contributed by atoms with Crippen LogP contribution < -0.4 is 5.32 Å². The van der Waals surface area contributed by atoms with Crippen LogP contribution in [0.5, 0.6) is 0 Å². The first-order chi connectivity index (χ1) is 7.65. The van der Waals surface area contributed by atoms with Crippen LogP contribution in [0.25, 0.3) is 0 Å². The Labute approximate surface area is 115 Å². The maximum Gasteiger partial charge on any atom is 0.224 e. The van der Waals surface area contributed by atoms with E-state index in [9.17, 15) is 4.79 Å². The molecule has 1 aliphatic rings. The number of benzene rings is 1. The van der Waals surface area contributed by atoms with Crippen molar-refractivity contribution in [2.24, 2.45) is 5.41 Å². The molecule has 0 saturated heterocycles. The highest BCUT2D eigenvalue weighted by Crippen LogP contribution is 2.49. The van der Waals surface area contributed by atoms with Crippen molar-refractivity contribution in [3.05, 3.63) is 27.8 Å². The topological polar surface area (TPSA) is 29.1 Å². The van der Waals surface area contributed by atoms with Crippen molar-refractivity contribution in [2.45, 2.75) is 19.3 Å². The lowest BCUT2D eigenvalue weighted by Crippen LogP contribution is -2.18. The minimum Gasteiger partial charge on any atom is -0.325 e. The van der Waals surface area contributed by atoms with Crippen molar-refractivity contribution >= 4 is 46.8 Å². The predicted octanol–water partition coefficient (Wildman–Crippen LogP) is 3.33. The van der Waals surface area contributed by atoms with Crippen molar-refractivity contribution in [3.8, 4) is 0 Å². The van der Waals surface area contributed by atoms with E-state index in [1.165, 1.54) is 0 Å². The minimum absolute atomic E-state index is 0.107. The fourth-order valence-electron chi connectivity index (χ4n) is 1.67. The molecule has 1 fully saturated rings. The second-order valence-corrected chi connectivity index (χ2v) is 5.84. The lowest BCUT2D eigenvalue weighted by molar-refractivity contribution is -0.117. The molecule has 0 aromatic heterocycles. The number of thiol groups is 1. The first-order valence-electron chi connectivity index (χ1n) is 5.30. The minimum atomic E-state index is 0.107. The maximum absolute atomic E-state index is 11.8. The number of halogens is 1. The van der Waals surface area contributed by atoms with E-state index in [0.717, 1.165) is 27.9 Å². The van der Waals surface area contributed by atoms with E-state index >= 15 is 0 Å². The summed E-state index contributed by atoms with van der Waals surface area (Å²) in [6.45, 7) is 0. The second-order valence-electron chi connectivity index (χ2n) is 4.36. The highest BCUT2D eigenvalue weighted by Gasteiger charge is 2.42. The molecule has 1 aliphatic carbocycles. The van der Waals surface area contributed by atoms with Gasteiger partial charge in [0.05, 0.1) is 5.69 Å². The van der Waals surface area contributed by atoms with E-state index in [1.54, 1.807) is 0 Å². The number of carbonyl (C=O) groups is 1. The van der Waals surface area contributed by atoms with E-state index in [-0.39, 0.29) is 11.3 Å². The highest BCUT2D eigenvalue weighted by molar-refractivity contribution is 14.1. The van der Waals surface area contributed by atoms with Crippen LogP contribution in [-0.4, -0.2) is 11.7 Å².